The lowest BCUT2D eigenvalue weighted by molar-refractivity contribution is 0.122. The summed E-state index contributed by atoms with van der Waals surface area (Å²) in [6, 6.07) is 0.535. The van der Waals surface area contributed by atoms with Gasteiger partial charge in [-0.2, -0.15) is 0 Å². The monoisotopic (exact) mass is 319 g/mol. The molecule has 0 aliphatic carbocycles. The van der Waals surface area contributed by atoms with Crippen molar-refractivity contribution in [2.24, 2.45) is 0 Å². The van der Waals surface area contributed by atoms with Crippen LogP contribution in [-0.2, 0) is 4.74 Å². The predicted octanol–water partition coefficient (Wildman–Crippen LogP) is 2.45. The number of rotatable bonds is 1. The first-order valence-corrected chi connectivity index (χ1v) is 8.39. The van der Waals surface area contributed by atoms with Crippen LogP contribution < -0.4 is 9.64 Å². The second-order valence-electron chi connectivity index (χ2n) is 5.95. The summed E-state index contributed by atoms with van der Waals surface area (Å²) in [5.41, 5.74) is 0.735. The molecule has 126 valence electrons. The summed E-state index contributed by atoms with van der Waals surface area (Å²) in [5, 5.41) is 8.05. The highest BCUT2D eigenvalue weighted by molar-refractivity contribution is 5.92. The lowest BCUT2D eigenvalue weighted by Gasteiger charge is -2.33. The highest BCUT2D eigenvalue weighted by atomic mass is 16.5. The van der Waals surface area contributed by atoms with E-state index in [0.29, 0.717) is 18.5 Å². The van der Waals surface area contributed by atoms with Gasteiger partial charge in [0.25, 0.3) is 0 Å². The molecule has 0 saturated carbocycles. The Hall–Kier alpha value is -1.89. The zero-order valence-corrected chi connectivity index (χ0v) is 14.5. The zero-order valence-electron chi connectivity index (χ0n) is 14.5. The van der Waals surface area contributed by atoms with Crippen molar-refractivity contribution in [3.63, 3.8) is 0 Å². The van der Waals surface area contributed by atoms with Crippen molar-refractivity contribution >= 4 is 16.9 Å². The maximum atomic E-state index is 5.82. The molecule has 2 aromatic rings. The van der Waals surface area contributed by atoms with E-state index >= 15 is 0 Å². The Morgan fingerprint density at radius 1 is 1.17 bits per heavy atom. The quantitative estimate of drug-likeness (QED) is 0.870. The predicted molar refractivity (Wildman–Crippen MR) is 89.0 cm³/mol. The normalized spacial score (nSPS) is 26.5. The molecular formula is C16H25N5O2. The Morgan fingerprint density at radius 2 is 1.96 bits per heavy atom. The first-order chi connectivity index (χ1) is 11.1. The molecule has 0 amide bonds. The average Bonchev–Trinajstić information content (AvgIpc) is 3.10. The van der Waals surface area contributed by atoms with Gasteiger partial charge in [-0.1, -0.05) is 13.8 Å². The Bertz CT molecular complexity index is 686. The van der Waals surface area contributed by atoms with Crippen molar-refractivity contribution in [3.05, 3.63) is 5.82 Å². The summed E-state index contributed by atoms with van der Waals surface area (Å²) >= 11 is 0. The molecule has 1 N–H and O–H groups in total. The van der Waals surface area contributed by atoms with Crippen molar-refractivity contribution in [2.75, 3.05) is 18.1 Å². The Labute approximate surface area is 136 Å². The molecule has 3 unspecified atom stereocenters. The molecule has 4 heterocycles. The largest absolute Gasteiger partial charge is 0.474 e. The molecule has 23 heavy (non-hydrogen) atoms. The van der Waals surface area contributed by atoms with Crippen molar-refractivity contribution in [2.45, 2.75) is 59.2 Å². The third-order valence-corrected chi connectivity index (χ3v) is 4.23. The standard InChI is InChI=1S/C14H19N5O2.C2H6/c1-7-5-21-14-11-12(17-18-14)15-9(3)16-13(11)19(7)10-4-8(2)20-6-10;1-2/h7-8,10H,4-6H2,1-3H3,(H,15,16,17,18);1-2H3. The molecule has 7 nitrogen and oxygen atoms in total. The molecular weight excluding hydrogens is 294 g/mol. The van der Waals surface area contributed by atoms with E-state index in [1.807, 2.05) is 20.8 Å². The molecule has 4 rings (SSSR count). The molecule has 2 aliphatic rings. The van der Waals surface area contributed by atoms with Crippen molar-refractivity contribution in [3.8, 4) is 5.88 Å². The number of hydrogen-bond donors (Lipinski definition) is 1. The lowest BCUT2D eigenvalue weighted by Crippen LogP contribution is -2.45. The third-order valence-electron chi connectivity index (χ3n) is 4.23. The van der Waals surface area contributed by atoms with Gasteiger partial charge in [0.2, 0.25) is 5.88 Å². The van der Waals surface area contributed by atoms with E-state index in [4.69, 9.17) is 9.47 Å². The van der Waals surface area contributed by atoms with Crippen LogP contribution in [0.1, 0.15) is 39.9 Å². The van der Waals surface area contributed by atoms with Gasteiger partial charge in [0.1, 0.15) is 23.6 Å². The van der Waals surface area contributed by atoms with Gasteiger partial charge in [-0.3, -0.25) is 5.10 Å². The Kier molecular flexibility index (Phi) is 4.39. The fraction of sp³-hybridized carbons (Fsp3) is 0.688. The number of aryl methyl sites for hydroxylation is 1. The van der Waals surface area contributed by atoms with Gasteiger partial charge >= 0.3 is 0 Å². The second-order valence-corrected chi connectivity index (χ2v) is 5.95. The van der Waals surface area contributed by atoms with E-state index in [-0.39, 0.29) is 12.1 Å². The van der Waals surface area contributed by atoms with Crippen LogP contribution in [0.5, 0.6) is 5.88 Å². The Balaban J connectivity index is 0.000000753. The molecule has 0 radical (unpaired) electrons. The summed E-state index contributed by atoms with van der Waals surface area (Å²) in [5.74, 6) is 2.24. The van der Waals surface area contributed by atoms with Gasteiger partial charge in [-0.15, -0.1) is 5.10 Å². The highest BCUT2D eigenvalue weighted by Gasteiger charge is 2.36. The smallest absolute Gasteiger partial charge is 0.246 e. The average molecular weight is 319 g/mol. The number of H-pyrrole nitrogens is 1. The maximum Gasteiger partial charge on any atom is 0.246 e. The van der Waals surface area contributed by atoms with Gasteiger partial charge in [-0.05, 0) is 27.2 Å². The molecule has 0 bridgehead atoms. The van der Waals surface area contributed by atoms with Crippen molar-refractivity contribution < 1.29 is 9.47 Å². The number of nitrogens with zero attached hydrogens (tertiary/aromatic N) is 4. The minimum Gasteiger partial charge on any atom is -0.474 e. The lowest BCUT2D eigenvalue weighted by atomic mass is 10.1. The molecule has 2 aromatic heterocycles. The van der Waals surface area contributed by atoms with E-state index < -0.39 is 0 Å². The molecule has 7 heteroatoms. The maximum absolute atomic E-state index is 5.82. The van der Waals surface area contributed by atoms with E-state index in [1.165, 1.54) is 0 Å². The van der Waals surface area contributed by atoms with Gasteiger partial charge in [0.05, 0.1) is 24.8 Å². The summed E-state index contributed by atoms with van der Waals surface area (Å²) < 4.78 is 11.6. The van der Waals surface area contributed by atoms with E-state index in [0.717, 1.165) is 35.7 Å². The summed E-state index contributed by atoms with van der Waals surface area (Å²) in [4.78, 5) is 11.4. The number of ether oxygens (including phenoxy) is 2. The molecule has 2 aliphatic heterocycles. The number of hydrogen-bond acceptors (Lipinski definition) is 6. The molecule has 0 aromatic carbocycles. The van der Waals surface area contributed by atoms with Crippen LogP contribution in [0.3, 0.4) is 0 Å². The first-order valence-electron chi connectivity index (χ1n) is 8.39. The fourth-order valence-electron chi connectivity index (χ4n) is 3.30. The summed E-state index contributed by atoms with van der Waals surface area (Å²) in [6.45, 7) is 11.5. The van der Waals surface area contributed by atoms with Crippen LogP contribution >= 0.6 is 0 Å². The SMILES string of the molecule is CC.Cc1nc2c3c(n[nH]c3n1)OCC(C)N2C1COC(C)C1. The molecule has 3 atom stereocenters. The second kappa shape index (κ2) is 6.31. The van der Waals surface area contributed by atoms with Gasteiger partial charge in [-0.25, -0.2) is 9.97 Å². The third kappa shape index (κ3) is 2.73. The zero-order chi connectivity index (χ0) is 16.6. The molecule has 1 saturated heterocycles. The van der Waals surface area contributed by atoms with Crippen molar-refractivity contribution in [1.29, 1.82) is 0 Å². The summed E-state index contributed by atoms with van der Waals surface area (Å²) in [7, 11) is 0. The van der Waals surface area contributed by atoms with Gasteiger partial charge < -0.3 is 14.4 Å². The Morgan fingerprint density at radius 3 is 2.65 bits per heavy atom. The number of aromatic nitrogens is 4. The summed E-state index contributed by atoms with van der Waals surface area (Å²) in [6.07, 6.45) is 1.29. The fourth-order valence-corrected chi connectivity index (χ4v) is 3.30. The highest BCUT2D eigenvalue weighted by Crippen LogP contribution is 2.37. The topological polar surface area (TPSA) is 76.2 Å². The van der Waals surface area contributed by atoms with Crippen LogP contribution in [0.25, 0.3) is 11.0 Å². The minimum absolute atomic E-state index is 0.218. The van der Waals surface area contributed by atoms with Crippen LogP contribution in [-0.4, -0.2) is 51.6 Å². The van der Waals surface area contributed by atoms with E-state index in [2.05, 4.69) is 38.9 Å². The van der Waals surface area contributed by atoms with Crippen LogP contribution in [0, 0.1) is 6.92 Å². The number of nitrogens with one attached hydrogen (secondary N) is 1. The van der Waals surface area contributed by atoms with Crippen LogP contribution in [0.4, 0.5) is 5.82 Å². The minimum atomic E-state index is 0.218. The van der Waals surface area contributed by atoms with Crippen molar-refractivity contribution in [1.82, 2.24) is 20.2 Å². The van der Waals surface area contributed by atoms with E-state index in [1.54, 1.807) is 0 Å². The van der Waals surface area contributed by atoms with Gasteiger partial charge in [0, 0.05) is 0 Å². The number of anilines is 1. The van der Waals surface area contributed by atoms with Crippen LogP contribution in [0.15, 0.2) is 0 Å². The molecule has 0 spiro atoms. The molecule has 1 fully saturated rings. The van der Waals surface area contributed by atoms with Crippen LogP contribution in [0.2, 0.25) is 0 Å². The first kappa shape index (κ1) is 16.0. The van der Waals surface area contributed by atoms with Gasteiger partial charge in [0.15, 0.2) is 5.65 Å². The van der Waals surface area contributed by atoms with E-state index in [9.17, 15) is 0 Å². The number of aromatic amines is 1.